The topological polar surface area (TPSA) is 79.0 Å². The lowest BCUT2D eigenvalue weighted by atomic mass is 10.1. The van der Waals surface area contributed by atoms with Crippen LogP contribution in [0.5, 0.6) is 0 Å². The largest absolute Gasteiger partial charge is 0.379 e. The van der Waals surface area contributed by atoms with Crippen molar-refractivity contribution < 1.29 is 17.9 Å². The molecule has 0 saturated carbocycles. The maximum absolute atomic E-state index is 12.6. The van der Waals surface area contributed by atoms with Gasteiger partial charge in [-0.3, -0.25) is 9.69 Å². The number of ether oxygens (including phenoxy) is 1. The molecule has 2 aliphatic heterocycles. The van der Waals surface area contributed by atoms with E-state index in [1.807, 2.05) is 12.1 Å². The zero-order chi connectivity index (χ0) is 22.4. The molecule has 2 heterocycles. The maximum atomic E-state index is 12.6. The molecular formula is C24H31N3O4S. The number of nitrogens with zero attached hydrogens (tertiary/aromatic N) is 2. The lowest BCUT2D eigenvalue weighted by Gasteiger charge is -2.26. The van der Waals surface area contributed by atoms with E-state index in [1.165, 1.54) is 22.7 Å². The Labute approximate surface area is 190 Å². The molecule has 0 radical (unpaired) electrons. The second-order valence-corrected chi connectivity index (χ2v) is 10.4. The fourth-order valence-corrected chi connectivity index (χ4v) is 5.70. The minimum atomic E-state index is -3.38. The zero-order valence-electron chi connectivity index (χ0n) is 18.3. The second kappa shape index (κ2) is 10.6. The first-order chi connectivity index (χ1) is 15.5. The molecule has 2 saturated heterocycles. The van der Waals surface area contributed by atoms with E-state index in [9.17, 15) is 13.2 Å². The predicted molar refractivity (Wildman–Crippen MR) is 124 cm³/mol. The molecule has 4 rings (SSSR count). The summed E-state index contributed by atoms with van der Waals surface area (Å²) < 4.78 is 31.8. The van der Waals surface area contributed by atoms with Gasteiger partial charge >= 0.3 is 0 Å². The summed E-state index contributed by atoms with van der Waals surface area (Å²) in [4.78, 5) is 15.0. The van der Waals surface area contributed by atoms with E-state index in [2.05, 4.69) is 22.3 Å². The van der Waals surface area contributed by atoms with Gasteiger partial charge in [0.25, 0.3) is 5.91 Å². The normalized spacial score (nSPS) is 18.0. The van der Waals surface area contributed by atoms with Crippen molar-refractivity contribution >= 4 is 15.9 Å². The molecule has 7 nitrogen and oxygen atoms in total. The Morgan fingerprint density at radius 2 is 1.59 bits per heavy atom. The van der Waals surface area contributed by atoms with Crippen LogP contribution in [0.4, 0.5) is 0 Å². The van der Waals surface area contributed by atoms with Crippen LogP contribution < -0.4 is 5.32 Å². The molecule has 2 aliphatic rings. The van der Waals surface area contributed by atoms with Crippen molar-refractivity contribution in [3.8, 4) is 0 Å². The Hall–Kier alpha value is -2.26. The summed E-state index contributed by atoms with van der Waals surface area (Å²) in [7, 11) is -3.38. The van der Waals surface area contributed by atoms with Crippen molar-refractivity contribution in [3.05, 3.63) is 70.8 Å². The highest BCUT2D eigenvalue weighted by molar-refractivity contribution is 7.88. The first-order valence-corrected chi connectivity index (χ1v) is 12.8. The lowest BCUT2D eigenvalue weighted by Crippen LogP contribution is -2.41. The van der Waals surface area contributed by atoms with E-state index < -0.39 is 10.0 Å². The number of sulfonamides is 1. The van der Waals surface area contributed by atoms with Crippen LogP contribution in [0.3, 0.4) is 0 Å². The number of rotatable bonds is 8. The van der Waals surface area contributed by atoms with Gasteiger partial charge in [0.15, 0.2) is 0 Å². The number of likely N-dealkylation sites (tertiary alicyclic amines) is 1. The monoisotopic (exact) mass is 457 g/mol. The number of hydrogen-bond acceptors (Lipinski definition) is 5. The molecule has 2 fully saturated rings. The molecule has 2 aromatic carbocycles. The second-order valence-electron chi connectivity index (χ2n) is 8.45. The fraction of sp³-hybridized carbons (Fsp3) is 0.458. The van der Waals surface area contributed by atoms with Gasteiger partial charge in [-0.05, 0) is 54.8 Å². The Bertz CT molecular complexity index is 1010. The van der Waals surface area contributed by atoms with Crippen molar-refractivity contribution in [1.29, 1.82) is 0 Å². The quantitative estimate of drug-likeness (QED) is 0.659. The number of amides is 1. The van der Waals surface area contributed by atoms with E-state index in [4.69, 9.17) is 4.74 Å². The third-order valence-electron chi connectivity index (χ3n) is 5.98. The van der Waals surface area contributed by atoms with E-state index in [0.717, 1.165) is 25.2 Å². The molecule has 0 spiro atoms. The first-order valence-electron chi connectivity index (χ1n) is 11.2. The highest BCUT2D eigenvalue weighted by Crippen LogP contribution is 2.15. The summed E-state index contributed by atoms with van der Waals surface area (Å²) in [6, 6.07) is 15.1. The molecule has 8 heteroatoms. The van der Waals surface area contributed by atoms with Gasteiger partial charge in [0.05, 0.1) is 19.0 Å². The zero-order valence-corrected chi connectivity index (χ0v) is 19.1. The number of carbonyl (C=O) groups is 1. The van der Waals surface area contributed by atoms with E-state index in [-0.39, 0.29) is 11.7 Å². The van der Waals surface area contributed by atoms with Gasteiger partial charge < -0.3 is 10.1 Å². The average molecular weight is 458 g/mol. The van der Waals surface area contributed by atoms with Crippen LogP contribution in [-0.2, 0) is 33.6 Å². The highest BCUT2D eigenvalue weighted by Gasteiger charge is 2.24. The van der Waals surface area contributed by atoms with E-state index >= 15 is 0 Å². The van der Waals surface area contributed by atoms with E-state index in [0.29, 0.717) is 44.0 Å². The first kappa shape index (κ1) is 22.9. The van der Waals surface area contributed by atoms with Crippen LogP contribution >= 0.6 is 0 Å². The number of benzene rings is 2. The third-order valence-corrected chi connectivity index (χ3v) is 7.83. The van der Waals surface area contributed by atoms with Crippen molar-refractivity contribution in [1.82, 2.24) is 14.5 Å². The smallest absolute Gasteiger partial charge is 0.251 e. The van der Waals surface area contributed by atoms with Crippen LogP contribution in [0.15, 0.2) is 48.5 Å². The molecular weight excluding hydrogens is 426 g/mol. The van der Waals surface area contributed by atoms with Crippen LogP contribution in [-0.4, -0.2) is 62.9 Å². The summed E-state index contributed by atoms with van der Waals surface area (Å²) in [6.45, 7) is 5.37. The minimum Gasteiger partial charge on any atom is -0.379 e. The van der Waals surface area contributed by atoms with Gasteiger partial charge in [0.2, 0.25) is 10.0 Å². The van der Waals surface area contributed by atoms with Gasteiger partial charge in [-0.25, -0.2) is 8.42 Å². The molecule has 2 aromatic rings. The summed E-state index contributed by atoms with van der Waals surface area (Å²) in [5.41, 5.74) is 3.53. The molecule has 1 amide bonds. The minimum absolute atomic E-state index is 0.0707. The Kier molecular flexibility index (Phi) is 7.57. The molecule has 0 unspecified atom stereocenters. The van der Waals surface area contributed by atoms with Crippen molar-refractivity contribution in [2.75, 3.05) is 39.4 Å². The highest BCUT2D eigenvalue weighted by atomic mass is 32.2. The lowest BCUT2D eigenvalue weighted by molar-refractivity contribution is 0.0729. The van der Waals surface area contributed by atoms with Crippen molar-refractivity contribution in [3.63, 3.8) is 0 Å². The van der Waals surface area contributed by atoms with Gasteiger partial charge in [0, 0.05) is 31.7 Å². The molecule has 1 N–H and O–H groups in total. The van der Waals surface area contributed by atoms with Crippen LogP contribution in [0, 0.1) is 0 Å². The Morgan fingerprint density at radius 3 is 2.31 bits per heavy atom. The summed E-state index contributed by atoms with van der Waals surface area (Å²) in [6.07, 6.45) is 2.54. The number of nitrogens with one attached hydrogen (secondary N) is 1. The average Bonchev–Trinajstić information content (AvgIpc) is 3.32. The van der Waals surface area contributed by atoms with Gasteiger partial charge in [0.1, 0.15) is 0 Å². The molecule has 0 aromatic heterocycles. The Morgan fingerprint density at radius 1 is 0.906 bits per heavy atom. The van der Waals surface area contributed by atoms with Gasteiger partial charge in [-0.2, -0.15) is 4.31 Å². The van der Waals surface area contributed by atoms with Crippen molar-refractivity contribution in [2.45, 2.75) is 31.7 Å². The van der Waals surface area contributed by atoms with Crippen molar-refractivity contribution in [2.24, 2.45) is 0 Å². The van der Waals surface area contributed by atoms with Crippen LogP contribution in [0.2, 0.25) is 0 Å². The summed E-state index contributed by atoms with van der Waals surface area (Å²) >= 11 is 0. The molecule has 172 valence electrons. The number of carbonyl (C=O) groups excluding carboxylic acids is 1. The molecule has 0 atom stereocenters. The third kappa shape index (κ3) is 6.16. The van der Waals surface area contributed by atoms with Crippen LogP contribution in [0.25, 0.3) is 0 Å². The maximum Gasteiger partial charge on any atom is 0.251 e. The molecule has 32 heavy (non-hydrogen) atoms. The van der Waals surface area contributed by atoms with Crippen LogP contribution in [0.1, 0.15) is 39.9 Å². The molecule has 0 bridgehead atoms. The molecule has 0 aliphatic carbocycles. The summed E-state index contributed by atoms with van der Waals surface area (Å²) in [5.74, 6) is -0.240. The summed E-state index contributed by atoms with van der Waals surface area (Å²) in [5, 5.41) is 2.96. The predicted octanol–water partition coefficient (Wildman–Crippen LogP) is 2.37. The fourth-order valence-electron chi connectivity index (χ4n) is 4.20. The van der Waals surface area contributed by atoms with Gasteiger partial charge in [-0.15, -0.1) is 0 Å². The standard InChI is InChI=1S/C24H31N3O4S/c28-24(25-17-21-4-3-5-22(16-21)18-26-10-1-2-11-26)23-8-6-20(7-9-23)19-32(29,30)27-12-14-31-15-13-27/h3-9,16H,1-2,10-15,17-19H2,(H,25,28). The number of hydrogen-bond donors (Lipinski definition) is 1. The Balaban J connectivity index is 1.30. The van der Waals surface area contributed by atoms with E-state index in [1.54, 1.807) is 24.3 Å². The van der Waals surface area contributed by atoms with Gasteiger partial charge in [-0.1, -0.05) is 36.4 Å². The SMILES string of the molecule is O=C(NCc1cccc(CN2CCCC2)c1)c1ccc(CS(=O)(=O)N2CCOCC2)cc1. The number of morpholine rings is 1.